The number of hydrogen-bond acceptors (Lipinski definition) is 6. The molecule has 0 fully saturated rings. The van der Waals surface area contributed by atoms with Crippen LogP contribution in [-0.2, 0) is 15.0 Å². The average Bonchev–Trinajstić information content (AvgIpc) is 2.26. The molecule has 3 N–H and O–H groups in total. The number of nitrogens with zero attached hydrogens (tertiary/aromatic N) is 1. The summed E-state index contributed by atoms with van der Waals surface area (Å²) in [7, 11) is -4.02. The second kappa shape index (κ2) is 7.58. The summed E-state index contributed by atoms with van der Waals surface area (Å²) >= 11 is 0. The minimum atomic E-state index is -4.02. The van der Waals surface area contributed by atoms with Gasteiger partial charge >= 0.3 is 0 Å². The molecule has 1 aromatic rings. The summed E-state index contributed by atoms with van der Waals surface area (Å²) < 4.78 is 29.6. The van der Waals surface area contributed by atoms with Crippen molar-refractivity contribution < 1.29 is 22.9 Å². The largest absolute Gasteiger partial charge is 0.329 e. The Balaban J connectivity index is 0.000000360. The summed E-state index contributed by atoms with van der Waals surface area (Å²) in [4.78, 5) is 13.0. The maximum absolute atomic E-state index is 10.5. The molecule has 9 heteroatoms. The molecule has 8 nitrogen and oxygen atoms in total. The van der Waals surface area contributed by atoms with Gasteiger partial charge in [0, 0.05) is 6.54 Å². The van der Waals surface area contributed by atoms with E-state index in [9.17, 15) is 18.5 Å². The van der Waals surface area contributed by atoms with Crippen LogP contribution in [0.15, 0.2) is 29.2 Å². The predicted octanol–water partition coefficient (Wildman–Crippen LogP) is 0.395. The molecule has 0 amide bonds. The highest BCUT2D eigenvalue weighted by molar-refractivity contribution is 7.85. The molecular formula is C9H14N2O6S. The monoisotopic (exact) mass is 278 g/mol. The van der Waals surface area contributed by atoms with Crippen LogP contribution in [0.3, 0.4) is 0 Å². The minimum absolute atomic E-state index is 0.0208. The van der Waals surface area contributed by atoms with Crippen LogP contribution in [0.4, 0.5) is 0 Å². The molecule has 0 atom stereocenters. The van der Waals surface area contributed by atoms with Crippen LogP contribution in [0.5, 0.6) is 0 Å². The summed E-state index contributed by atoms with van der Waals surface area (Å²) in [6.07, 6.45) is 0. The lowest BCUT2D eigenvalue weighted by atomic mass is 10.2. The van der Waals surface area contributed by atoms with E-state index in [0.29, 0.717) is 0 Å². The molecule has 0 spiro atoms. The molecule has 0 heterocycles. The highest BCUT2D eigenvalue weighted by Gasteiger charge is 2.06. The van der Waals surface area contributed by atoms with Crippen LogP contribution < -0.4 is 5.73 Å². The fraction of sp³-hybridized carbons (Fsp3) is 0.333. The SMILES string of the molecule is Cc1ccc(S(=O)(=O)O)cc1.NCCO[N+](=O)[O-]. The third-order valence-electron chi connectivity index (χ3n) is 1.63. The Kier molecular flexibility index (Phi) is 6.86. The molecule has 0 aliphatic carbocycles. The number of rotatable bonds is 4. The average molecular weight is 278 g/mol. The Morgan fingerprint density at radius 3 is 2.17 bits per heavy atom. The van der Waals surface area contributed by atoms with Gasteiger partial charge in [-0.25, -0.2) is 0 Å². The lowest BCUT2D eigenvalue weighted by Crippen LogP contribution is -2.11. The van der Waals surface area contributed by atoms with Gasteiger partial charge in [-0.1, -0.05) is 17.7 Å². The van der Waals surface area contributed by atoms with Crippen molar-refractivity contribution in [2.75, 3.05) is 13.2 Å². The number of hydrogen-bond donors (Lipinski definition) is 2. The van der Waals surface area contributed by atoms with Gasteiger partial charge in [0.1, 0.15) is 6.61 Å². The summed E-state index contributed by atoms with van der Waals surface area (Å²) in [6, 6.07) is 5.99. The molecule has 18 heavy (non-hydrogen) atoms. The standard InChI is InChI=1S/C7H8O3S.C2H6N2O3/c1-6-2-4-7(5-3-6)11(8,9)10;3-1-2-7-4(5)6/h2-5H,1H3,(H,8,9,10);1-3H2. The quantitative estimate of drug-likeness (QED) is 0.462. The van der Waals surface area contributed by atoms with Crippen LogP contribution in [0.1, 0.15) is 5.56 Å². The molecule has 0 aromatic heterocycles. The molecule has 0 radical (unpaired) electrons. The first-order valence-electron chi connectivity index (χ1n) is 4.79. The maximum Gasteiger partial charge on any atom is 0.294 e. The van der Waals surface area contributed by atoms with Crippen LogP contribution in [0.25, 0.3) is 0 Å². The van der Waals surface area contributed by atoms with Gasteiger partial charge in [-0.3, -0.25) is 4.55 Å². The van der Waals surface area contributed by atoms with Gasteiger partial charge in [0.05, 0.1) is 4.90 Å². The number of nitrogens with two attached hydrogens (primary N) is 1. The Morgan fingerprint density at radius 2 is 1.89 bits per heavy atom. The summed E-state index contributed by atoms with van der Waals surface area (Å²) in [5, 5.41) is 8.42. The molecule has 1 rings (SSSR count). The minimum Gasteiger partial charge on any atom is -0.329 e. The highest BCUT2D eigenvalue weighted by Crippen LogP contribution is 2.08. The molecule has 102 valence electrons. The molecule has 0 aliphatic rings. The fourth-order valence-electron chi connectivity index (χ4n) is 0.837. The molecule has 0 saturated carbocycles. The molecular weight excluding hydrogens is 264 g/mol. The van der Waals surface area contributed by atoms with E-state index >= 15 is 0 Å². The van der Waals surface area contributed by atoms with Crippen molar-refractivity contribution in [3.05, 3.63) is 39.9 Å². The van der Waals surface area contributed by atoms with E-state index < -0.39 is 15.2 Å². The van der Waals surface area contributed by atoms with Gasteiger partial charge in [0.15, 0.2) is 0 Å². The van der Waals surface area contributed by atoms with Gasteiger partial charge in [-0.15, -0.1) is 10.1 Å². The van der Waals surface area contributed by atoms with Crippen molar-refractivity contribution in [1.82, 2.24) is 0 Å². The van der Waals surface area contributed by atoms with E-state index in [1.54, 1.807) is 12.1 Å². The van der Waals surface area contributed by atoms with Crippen LogP contribution >= 0.6 is 0 Å². The summed E-state index contributed by atoms with van der Waals surface area (Å²) in [6.45, 7) is 2.00. The zero-order valence-corrected chi connectivity index (χ0v) is 10.5. The lowest BCUT2D eigenvalue weighted by molar-refractivity contribution is -0.757. The van der Waals surface area contributed by atoms with E-state index in [2.05, 4.69) is 4.84 Å². The Morgan fingerprint density at radius 1 is 1.39 bits per heavy atom. The summed E-state index contributed by atoms with van der Waals surface area (Å²) in [5.41, 5.74) is 5.80. The van der Waals surface area contributed by atoms with E-state index in [1.807, 2.05) is 6.92 Å². The van der Waals surface area contributed by atoms with Gasteiger partial charge in [-0.05, 0) is 19.1 Å². The maximum atomic E-state index is 10.5. The first-order chi connectivity index (χ1) is 8.27. The smallest absolute Gasteiger partial charge is 0.294 e. The third kappa shape index (κ3) is 7.54. The third-order valence-corrected chi connectivity index (χ3v) is 2.50. The van der Waals surface area contributed by atoms with Crippen molar-refractivity contribution in [2.24, 2.45) is 5.73 Å². The molecule has 0 aliphatic heterocycles. The Hall–Kier alpha value is -1.71. The van der Waals surface area contributed by atoms with Gasteiger partial charge < -0.3 is 10.6 Å². The number of aryl methyl sites for hydroxylation is 1. The number of benzene rings is 1. The van der Waals surface area contributed by atoms with E-state index in [-0.39, 0.29) is 18.0 Å². The topological polar surface area (TPSA) is 133 Å². The molecule has 0 unspecified atom stereocenters. The van der Waals surface area contributed by atoms with E-state index in [1.165, 1.54) is 12.1 Å². The van der Waals surface area contributed by atoms with Crippen molar-refractivity contribution in [3.63, 3.8) is 0 Å². The van der Waals surface area contributed by atoms with Gasteiger partial charge in [0.25, 0.3) is 15.2 Å². The van der Waals surface area contributed by atoms with E-state index in [0.717, 1.165) is 5.56 Å². The Labute approximate surface area is 104 Å². The van der Waals surface area contributed by atoms with E-state index in [4.69, 9.17) is 10.3 Å². The van der Waals surface area contributed by atoms with Crippen molar-refractivity contribution in [3.8, 4) is 0 Å². The molecule has 0 saturated heterocycles. The molecule has 0 bridgehead atoms. The second-order valence-electron chi connectivity index (χ2n) is 3.13. The normalized spacial score (nSPS) is 10.2. The van der Waals surface area contributed by atoms with Crippen LogP contribution in [0, 0.1) is 17.0 Å². The summed E-state index contributed by atoms with van der Waals surface area (Å²) in [5.74, 6) is 0. The molecule has 1 aromatic carbocycles. The van der Waals surface area contributed by atoms with Crippen molar-refractivity contribution >= 4 is 10.1 Å². The van der Waals surface area contributed by atoms with Crippen LogP contribution in [0.2, 0.25) is 0 Å². The van der Waals surface area contributed by atoms with Crippen molar-refractivity contribution in [2.45, 2.75) is 11.8 Å². The predicted molar refractivity (Wildman–Crippen MR) is 63.0 cm³/mol. The first-order valence-corrected chi connectivity index (χ1v) is 6.23. The van der Waals surface area contributed by atoms with Crippen molar-refractivity contribution in [1.29, 1.82) is 0 Å². The zero-order chi connectivity index (χ0) is 14.2. The lowest BCUT2D eigenvalue weighted by Gasteiger charge is -1.95. The van der Waals surface area contributed by atoms with Gasteiger partial charge in [-0.2, -0.15) is 8.42 Å². The van der Waals surface area contributed by atoms with Gasteiger partial charge in [0.2, 0.25) is 0 Å². The Bertz CT molecular complexity index is 470. The van der Waals surface area contributed by atoms with Crippen LogP contribution in [-0.4, -0.2) is 31.2 Å². The highest BCUT2D eigenvalue weighted by atomic mass is 32.2. The zero-order valence-electron chi connectivity index (χ0n) is 9.64. The first kappa shape index (κ1) is 16.3. The second-order valence-corrected chi connectivity index (χ2v) is 4.56. The fourth-order valence-corrected chi connectivity index (χ4v) is 1.32.